The lowest BCUT2D eigenvalue weighted by Gasteiger charge is -2.02. The highest BCUT2D eigenvalue weighted by Crippen LogP contribution is 2.11. The summed E-state index contributed by atoms with van der Waals surface area (Å²) in [6, 6.07) is 9.33. The van der Waals surface area contributed by atoms with Crippen molar-refractivity contribution in [1.82, 2.24) is 25.5 Å². The molecule has 0 aliphatic rings. The SMILES string of the molecule is O=C(O)CCCNC(=O)Cn1nnc(-c2ccccc2)n1. The van der Waals surface area contributed by atoms with Gasteiger partial charge in [-0.2, -0.15) is 4.80 Å². The molecule has 2 aromatic rings. The van der Waals surface area contributed by atoms with Crippen molar-refractivity contribution in [3.05, 3.63) is 30.3 Å². The van der Waals surface area contributed by atoms with Crippen LogP contribution in [0.4, 0.5) is 0 Å². The minimum absolute atomic E-state index is 0.0278. The first-order chi connectivity index (χ1) is 10.1. The molecule has 1 aromatic heterocycles. The maximum absolute atomic E-state index is 11.6. The van der Waals surface area contributed by atoms with Crippen molar-refractivity contribution in [2.75, 3.05) is 6.54 Å². The summed E-state index contributed by atoms with van der Waals surface area (Å²) in [6.45, 7) is 0.262. The number of rotatable bonds is 7. The van der Waals surface area contributed by atoms with E-state index in [0.29, 0.717) is 18.8 Å². The number of benzene rings is 1. The molecule has 1 amide bonds. The number of aromatic nitrogens is 4. The maximum Gasteiger partial charge on any atom is 0.303 e. The van der Waals surface area contributed by atoms with Crippen molar-refractivity contribution < 1.29 is 14.7 Å². The molecule has 0 aliphatic heterocycles. The van der Waals surface area contributed by atoms with E-state index >= 15 is 0 Å². The van der Waals surface area contributed by atoms with Gasteiger partial charge in [0.05, 0.1) is 0 Å². The molecule has 21 heavy (non-hydrogen) atoms. The van der Waals surface area contributed by atoms with Crippen LogP contribution in [0.5, 0.6) is 0 Å². The van der Waals surface area contributed by atoms with E-state index in [0.717, 1.165) is 5.56 Å². The van der Waals surface area contributed by atoms with Gasteiger partial charge in [-0.15, -0.1) is 10.2 Å². The fraction of sp³-hybridized carbons (Fsp3) is 0.308. The van der Waals surface area contributed by atoms with Crippen LogP contribution in [0, 0.1) is 0 Å². The molecule has 110 valence electrons. The van der Waals surface area contributed by atoms with Gasteiger partial charge in [0.1, 0.15) is 6.54 Å². The Labute approximate surface area is 120 Å². The third-order valence-electron chi connectivity index (χ3n) is 2.66. The first-order valence-corrected chi connectivity index (χ1v) is 6.47. The number of aliphatic carboxylic acids is 1. The molecule has 1 heterocycles. The molecule has 0 fully saturated rings. The van der Waals surface area contributed by atoms with E-state index in [-0.39, 0.29) is 18.9 Å². The van der Waals surface area contributed by atoms with Gasteiger partial charge < -0.3 is 10.4 Å². The second kappa shape index (κ2) is 7.13. The molecule has 0 bridgehead atoms. The van der Waals surface area contributed by atoms with Crippen molar-refractivity contribution in [3.63, 3.8) is 0 Å². The number of amides is 1. The van der Waals surface area contributed by atoms with E-state index in [1.165, 1.54) is 4.80 Å². The molecule has 8 nitrogen and oxygen atoms in total. The first kappa shape index (κ1) is 14.6. The molecule has 0 aliphatic carbocycles. The number of carboxylic acid groups (broad SMARTS) is 1. The van der Waals surface area contributed by atoms with Crippen LogP contribution in [-0.4, -0.2) is 43.7 Å². The zero-order chi connectivity index (χ0) is 15.1. The van der Waals surface area contributed by atoms with Gasteiger partial charge >= 0.3 is 5.97 Å². The summed E-state index contributed by atoms with van der Waals surface area (Å²) in [6.07, 6.45) is 0.418. The van der Waals surface area contributed by atoms with Gasteiger partial charge in [0, 0.05) is 18.5 Å². The number of tetrazole rings is 1. The maximum atomic E-state index is 11.6. The minimum Gasteiger partial charge on any atom is -0.481 e. The molecule has 1 aromatic carbocycles. The Kier molecular flexibility index (Phi) is 4.97. The molecule has 0 radical (unpaired) electrons. The number of hydrogen-bond acceptors (Lipinski definition) is 5. The third kappa shape index (κ3) is 4.68. The van der Waals surface area contributed by atoms with Crippen molar-refractivity contribution >= 4 is 11.9 Å². The largest absolute Gasteiger partial charge is 0.481 e. The van der Waals surface area contributed by atoms with Crippen molar-refractivity contribution in [2.24, 2.45) is 0 Å². The van der Waals surface area contributed by atoms with Gasteiger partial charge in [0.2, 0.25) is 11.7 Å². The van der Waals surface area contributed by atoms with Gasteiger partial charge in [0.25, 0.3) is 0 Å². The van der Waals surface area contributed by atoms with E-state index in [9.17, 15) is 9.59 Å². The molecule has 0 unspecified atom stereocenters. The zero-order valence-electron chi connectivity index (χ0n) is 11.3. The predicted octanol–water partition coefficient (Wildman–Crippen LogP) is 0.321. The Bertz CT molecular complexity index is 611. The van der Waals surface area contributed by atoms with Crippen molar-refractivity contribution in [2.45, 2.75) is 19.4 Å². The number of nitrogens with zero attached hydrogens (tertiary/aromatic N) is 4. The highest BCUT2D eigenvalue weighted by atomic mass is 16.4. The van der Waals surface area contributed by atoms with Crippen LogP contribution in [0.2, 0.25) is 0 Å². The monoisotopic (exact) mass is 289 g/mol. The van der Waals surface area contributed by atoms with Gasteiger partial charge in [-0.05, 0) is 11.6 Å². The van der Waals surface area contributed by atoms with E-state index in [2.05, 4.69) is 20.7 Å². The number of carboxylic acids is 1. The van der Waals surface area contributed by atoms with E-state index < -0.39 is 5.97 Å². The lowest BCUT2D eigenvalue weighted by atomic mass is 10.2. The average molecular weight is 289 g/mol. The highest BCUT2D eigenvalue weighted by molar-refractivity contribution is 5.75. The Balaban J connectivity index is 1.82. The van der Waals surface area contributed by atoms with Crippen molar-refractivity contribution in [3.8, 4) is 11.4 Å². The average Bonchev–Trinajstić information content (AvgIpc) is 2.93. The summed E-state index contributed by atoms with van der Waals surface area (Å²) < 4.78 is 0. The molecule has 0 atom stereocenters. The summed E-state index contributed by atoms with van der Waals surface area (Å²) in [7, 11) is 0. The van der Waals surface area contributed by atoms with E-state index in [4.69, 9.17) is 5.11 Å². The van der Waals surface area contributed by atoms with E-state index in [1.54, 1.807) is 0 Å². The van der Waals surface area contributed by atoms with Crippen molar-refractivity contribution in [1.29, 1.82) is 0 Å². The topological polar surface area (TPSA) is 110 Å². The molecule has 8 heteroatoms. The number of nitrogens with one attached hydrogen (secondary N) is 1. The lowest BCUT2D eigenvalue weighted by molar-refractivity contribution is -0.137. The van der Waals surface area contributed by atoms with Crippen LogP contribution in [0.1, 0.15) is 12.8 Å². The highest BCUT2D eigenvalue weighted by Gasteiger charge is 2.08. The number of carbonyl (C=O) groups excluding carboxylic acids is 1. The van der Waals surface area contributed by atoms with E-state index in [1.807, 2.05) is 30.3 Å². The summed E-state index contributed by atoms with van der Waals surface area (Å²) in [5, 5.41) is 22.9. The molecular formula is C13H15N5O3. The second-order valence-corrected chi connectivity index (χ2v) is 4.36. The standard InChI is InChI=1S/C13H15N5O3/c19-11(14-8-4-7-12(20)21)9-18-16-13(15-17-18)10-5-2-1-3-6-10/h1-3,5-6H,4,7-9H2,(H,14,19)(H,20,21). The molecule has 2 N–H and O–H groups in total. The van der Waals surface area contributed by atoms with Crippen LogP contribution in [-0.2, 0) is 16.1 Å². The van der Waals surface area contributed by atoms with Crippen LogP contribution < -0.4 is 5.32 Å². The predicted molar refractivity (Wildman–Crippen MR) is 73.1 cm³/mol. The molecule has 0 spiro atoms. The number of carbonyl (C=O) groups is 2. The van der Waals surface area contributed by atoms with Crippen LogP contribution in [0.3, 0.4) is 0 Å². The fourth-order valence-corrected chi connectivity index (χ4v) is 1.66. The van der Waals surface area contributed by atoms with Crippen LogP contribution >= 0.6 is 0 Å². The third-order valence-corrected chi connectivity index (χ3v) is 2.66. The van der Waals surface area contributed by atoms with Gasteiger partial charge in [0.15, 0.2) is 0 Å². The molecule has 0 saturated heterocycles. The smallest absolute Gasteiger partial charge is 0.303 e. The number of hydrogen-bond donors (Lipinski definition) is 2. The Hall–Kier alpha value is -2.77. The fourth-order valence-electron chi connectivity index (χ4n) is 1.66. The quantitative estimate of drug-likeness (QED) is 0.710. The first-order valence-electron chi connectivity index (χ1n) is 6.47. The lowest BCUT2D eigenvalue weighted by Crippen LogP contribution is -2.29. The van der Waals surface area contributed by atoms with Gasteiger partial charge in [-0.3, -0.25) is 9.59 Å². The minimum atomic E-state index is -0.880. The zero-order valence-corrected chi connectivity index (χ0v) is 11.3. The summed E-state index contributed by atoms with van der Waals surface area (Å²) in [4.78, 5) is 23.1. The summed E-state index contributed by atoms with van der Waals surface area (Å²) >= 11 is 0. The Morgan fingerprint density at radius 3 is 2.71 bits per heavy atom. The molecule has 0 saturated carbocycles. The summed E-state index contributed by atoms with van der Waals surface area (Å²) in [5.74, 6) is -0.707. The van der Waals surface area contributed by atoms with Gasteiger partial charge in [-0.1, -0.05) is 30.3 Å². The normalized spacial score (nSPS) is 10.3. The molecular weight excluding hydrogens is 274 g/mol. The second-order valence-electron chi connectivity index (χ2n) is 4.36. The molecule has 2 rings (SSSR count). The summed E-state index contributed by atoms with van der Waals surface area (Å²) in [5.41, 5.74) is 0.825. The Morgan fingerprint density at radius 1 is 1.24 bits per heavy atom. The Morgan fingerprint density at radius 2 is 2.00 bits per heavy atom. The van der Waals surface area contributed by atoms with Gasteiger partial charge in [-0.25, -0.2) is 0 Å². The van der Waals surface area contributed by atoms with Crippen LogP contribution in [0.15, 0.2) is 30.3 Å². The van der Waals surface area contributed by atoms with Crippen LogP contribution in [0.25, 0.3) is 11.4 Å².